The minimum Gasteiger partial charge on any atom is -0.368 e. The molecule has 110 valence electrons. The second kappa shape index (κ2) is 6.70. The topological polar surface area (TPSA) is 71.2 Å². The van der Waals surface area contributed by atoms with Gasteiger partial charge in [0.15, 0.2) is 0 Å². The van der Waals surface area contributed by atoms with Crippen LogP contribution in [0.1, 0.15) is 32.3 Å². The highest BCUT2D eigenvalue weighted by molar-refractivity contribution is 5.79. The van der Waals surface area contributed by atoms with E-state index in [-0.39, 0.29) is 12.5 Å². The van der Waals surface area contributed by atoms with Gasteiger partial charge in [0.25, 0.3) is 0 Å². The summed E-state index contributed by atoms with van der Waals surface area (Å²) in [6, 6.07) is 4.65. The lowest BCUT2D eigenvalue weighted by atomic mass is 10.1. The van der Waals surface area contributed by atoms with Crippen LogP contribution in [-0.2, 0) is 11.3 Å². The molecule has 1 aliphatic rings. The lowest BCUT2D eigenvalue weighted by Gasteiger charge is -2.26. The fourth-order valence-corrected chi connectivity index (χ4v) is 2.25. The zero-order valence-corrected chi connectivity index (χ0v) is 12.3. The first-order valence-electron chi connectivity index (χ1n) is 7.26. The summed E-state index contributed by atoms with van der Waals surface area (Å²) < 4.78 is 0. The van der Waals surface area contributed by atoms with Crippen molar-refractivity contribution in [2.75, 3.05) is 18.0 Å². The molecule has 0 radical (unpaired) electrons. The zero-order valence-electron chi connectivity index (χ0n) is 12.3. The van der Waals surface area contributed by atoms with E-state index in [9.17, 15) is 4.79 Å². The van der Waals surface area contributed by atoms with Crippen LogP contribution in [0.5, 0.6) is 0 Å². The third-order valence-electron chi connectivity index (χ3n) is 3.26. The van der Waals surface area contributed by atoms with Crippen molar-refractivity contribution in [1.82, 2.24) is 10.3 Å². The fraction of sp³-hybridized carbons (Fsp3) is 0.600. The van der Waals surface area contributed by atoms with Crippen LogP contribution in [0.3, 0.4) is 0 Å². The predicted molar refractivity (Wildman–Crippen MR) is 80.3 cm³/mol. The molecule has 1 saturated carbocycles. The number of carbonyl (C=O) groups is 1. The number of anilines is 1. The van der Waals surface area contributed by atoms with Crippen LogP contribution in [0.4, 0.5) is 5.82 Å². The van der Waals surface area contributed by atoms with Gasteiger partial charge in [-0.1, -0.05) is 19.9 Å². The molecule has 0 atom stereocenters. The molecule has 5 nitrogen and oxygen atoms in total. The van der Waals surface area contributed by atoms with Gasteiger partial charge >= 0.3 is 0 Å². The number of hydrogen-bond donors (Lipinski definition) is 2. The minimum atomic E-state index is -0.322. The SMILES string of the molecule is CC(C)CN(CC(N)=O)c1ncccc1CNC1CC1. The molecule has 20 heavy (non-hydrogen) atoms. The van der Waals surface area contributed by atoms with Gasteiger partial charge in [-0.25, -0.2) is 4.98 Å². The molecule has 0 aromatic carbocycles. The van der Waals surface area contributed by atoms with Crippen LogP contribution >= 0.6 is 0 Å². The molecule has 0 unspecified atom stereocenters. The highest BCUT2D eigenvalue weighted by atomic mass is 16.1. The van der Waals surface area contributed by atoms with Crippen molar-refractivity contribution in [3.05, 3.63) is 23.9 Å². The molecule has 0 spiro atoms. The number of amides is 1. The van der Waals surface area contributed by atoms with E-state index in [2.05, 4.69) is 30.2 Å². The second-order valence-corrected chi connectivity index (χ2v) is 5.88. The van der Waals surface area contributed by atoms with Gasteiger partial charge in [0.2, 0.25) is 5.91 Å². The highest BCUT2D eigenvalue weighted by Gasteiger charge is 2.22. The van der Waals surface area contributed by atoms with Gasteiger partial charge in [0.05, 0.1) is 6.54 Å². The van der Waals surface area contributed by atoms with Crippen LogP contribution in [-0.4, -0.2) is 30.0 Å². The average Bonchev–Trinajstić information content (AvgIpc) is 3.19. The summed E-state index contributed by atoms with van der Waals surface area (Å²) >= 11 is 0. The Hall–Kier alpha value is -1.62. The maximum atomic E-state index is 11.3. The van der Waals surface area contributed by atoms with Crippen molar-refractivity contribution in [1.29, 1.82) is 0 Å². The largest absolute Gasteiger partial charge is 0.368 e. The maximum absolute atomic E-state index is 11.3. The van der Waals surface area contributed by atoms with Crippen molar-refractivity contribution in [3.63, 3.8) is 0 Å². The first kappa shape index (κ1) is 14.8. The summed E-state index contributed by atoms with van der Waals surface area (Å²) in [6.07, 6.45) is 4.28. The smallest absolute Gasteiger partial charge is 0.236 e. The van der Waals surface area contributed by atoms with Gasteiger partial charge in [0, 0.05) is 30.9 Å². The Balaban J connectivity index is 2.13. The Morgan fingerprint density at radius 2 is 2.30 bits per heavy atom. The minimum absolute atomic E-state index is 0.214. The van der Waals surface area contributed by atoms with Crippen LogP contribution in [0, 0.1) is 5.92 Å². The maximum Gasteiger partial charge on any atom is 0.236 e. The summed E-state index contributed by atoms with van der Waals surface area (Å²) in [7, 11) is 0. The molecule has 1 aromatic heterocycles. The number of hydrogen-bond acceptors (Lipinski definition) is 4. The summed E-state index contributed by atoms with van der Waals surface area (Å²) in [5, 5.41) is 3.49. The lowest BCUT2D eigenvalue weighted by Crippen LogP contribution is -2.37. The van der Waals surface area contributed by atoms with Gasteiger partial charge in [-0.15, -0.1) is 0 Å². The quantitative estimate of drug-likeness (QED) is 0.750. The zero-order chi connectivity index (χ0) is 14.5. The number of nitrogens with zero attached hydrogens (tertiary/aromatic N) is 2. The normalized spacial score (nSPS) is 14.6. The second-order valence-electron chi connectivity index (χ2n) is 5.88. The summed E-state index contributed by atoms with van der Waals surface area (Å²) in [6.45, 7) is 6.03. The predicted octanol–water partition coefficient (Wildman–Crippen LogP) is 1.28. The highest BCUT2D eigenvalue weighted by Crippen LogP contribution is 2.22. The number of nitrogens with two attached hydrogens (primary N) is 1. The van der Waals surface area contributed by atoms with Gasteiger partial charge in [-0.05, 0) is 24.8 Å². The molecule has 2 rings (SSSR count). The van der Waals surface area contributed by atoms with Gasteiger partial charge in [-0.3, -0.25) is 4.79 Å². The summed E-state index contributed by atoms with van der Waals surface area (Å²) in [5.41, 5.74) is 6.49. The number of pyridine rings is 1. The Bertz CT molecular complexity index is 457. The number of nitrogens with one attached hydrogen (secondary N) is 1. The molecule has 0 aliphatic heterocycles. The Kier molecular flexibility index (Phi) is 4.95. The molecule has 1 aliphatic carbocycles. The van der Waals surface area contributed by atoms with E-state index in [4.69, 9.17) is 5.73 Å². The van der Waals surface area contributed by atoms with E-state index in [1.165, 1.54) is 12.8 Å². The average molecular weight is 276 g/mol. The number of aromatic nitrogens is 1. The van der Waals surface area contributed by atoms with E-state index < -0.39 is 0 Å². The monoisotopic (exact) mass is 276 g/mol. The standard InChI is InChI=1S/C15H24N4O/c1-11(2)9-19(10-14(16)20)15-12(4-3-7-17-15)8-18-13-5-6-13/h3-4,7,11,13,18H,5-6,8-10H2,1-2H3,(H2,16,20). The third kappa shape index (κ3) is 4.49. The lowest BCUT2D eigenvalue weighted by molar-refractivity contribution is -0.116. The third-order valence-corrected chi connectivity index (χ3v) is 3.26. The van der Waals surface area contributed by atoms with Gasteiger partial charge in [0.1, 0.15) is 5.82 Å². The fourth-order valence-electron chi connectivity index (χ4n) is 2.25. The molecular weight excluding hydrogens is 252 g/mol. The van der Waals surface area contributed by atoms with E-state index in [1.807, 2.05) is 11.0 Å². The number of rotatable bonds is 8. The van der Waals surface area contributed by atoms with Crippen molar-refractivity contribution in [2.24, 2.45) is 11.7 Å². The summed E-state index contributed by atoms with van der Waals surface area (Å²) in [4.78, 5) is 17.7. The molecule has 1 amide bonds. The van der Waals surface area contributed by atoms with Crippen LogP contribution in [0.2, 0.25) is 0 Å². The molecule has 1 heterocycles. The molecule has 0 saturated heterocycles. The van der Waals surface area contributed by atoms with Crippen molar-refractivity contribution in [2.45, 2.75) is 39.3 Å². The molecule has 3 N–H and O–H groups in total. The Labute approximate surface area is 120 Å². The molecule has 1 aromatic rings. The van der Waals surface area contributed by atoms with Crippen LogP contribution in [0.15, 0.2) is 18.3 Å². The molecular formula is C15H24N4O. The van der Waals surface area contributed by atoms with E-state index in [0.29, 0.717) is 12.0 Å². The van der Waals surface area contributed by atoms with Gasteiger partial charge < -0.3 is 16.0 Å². The van der Waals surface area contributed by atoms with E-state index in [1.54, 1.807) is 6.20 Å². The Morgan fingerprint density at radius 1 is 1.55 bits per heavy atom. The van der Waals surface area contributed by atoms with Gasteiger partial charge in [-0.2, -0.15) is 0 Å². The number of primary amides is 1. The number of carbonyl (C=O) groups excluding carboxylic acids is 1. The Morgan fingerprint density at radius 3 is 2.90 bits per heavy atom. The van der Waals surface area contributed by atoms with Crippen LogP contribution in [0.25, 0.3) is 0 Å². The van der Waals surface area contributed by atoms with Crippen LogP contribution < -0.4 is 16.0 Å². The summed E-state index contributed by atoms with van der Waals surface area (Å²) in [5.74, 6) is 0.992. The van der Waals surface area contributed by atoms with Crippen molar-refractivity contribution >= 4 is 11.7 Å². The van der Waals surface area contributed by atoms with E-state index in [0.717, 1.165) is 24.5 Å². The van der Waals surface area contributed by atoms with Crippen molar-refractivity contribution in [3.8, 4) is 0 Å². The first-order valence-corrected chi connectivity index (χ1v) is 7.26. The molecule has 1 fully saturated rings. The molecule has 5 heteroatoms. The first-order chi connectivity index (χ1) is 9.56. The van der Waals surface area contributed by atoms with Crippen molar-refractivity contribution < 1.29 is 4.79 Å². The van der Waals surface area contributed by atoms with E-state index >= 15 is 0 Å². The molecule has 0 bridgehead atoms.